The molecule has 3 saturated heterocycles. The van der Waals surface area contributed by atoms with E-state index in [1.54, 1.807) is 18.2 Å². The fraction of sp³-hybridized carbons (Fsp3) is 0.486. The van der Waals surface area contributed by atoms with Crippen molar-refractivity contribution < 1.29 is 17.9 Å². The van der Waals surface area contributed by atoms with Gasteiger partial charge in [-0.3, -0.25) is 4.90 Å². The number of benzene rings is 2. The molecule has 4 aliphatic rings. The lowest BCUT2D eigenvalue weighted by molar-refractivity contribution is 0.107. The van der Waals surface area contributed by atoms with E-state index in [1.807, 2.05) is 0 Å². The molecule has 0 unspecified atom stereocenters. The molecule has 6 heterocycles. The molecule has 2 aromatic carbocycles. The van der Waals surface area contributed by atoms with Crippen LogP contribution in [0.25, 0.3) is 32.9 Å². The van der Waals surface area contributed by atoms with E-state index in [-0.39, 0.29) is 47.4 Å². The SMILES string of the molecule is C#Cc1c(F)ccc2cc(N)cc(-c3nc4c5c(nc(OC[C@@]67CCCN6C[C@H](F)C7)nc5c3F)N3C[C@@H](CC)NC[C@@H]3CC[C@H]4C)c12. The second-order valence-electron chi connectivity index (χ2n) is 14.1. The molecule has 0 spiro atoms. The van der Waals surface area contributed by atoms with E-state index >= 15 is 8.78 Å². The van der Waals surface area contributed by atoms with Gasteiger partial charge in [0.25, 0.3) is 0 Å². The van der Waals surface area contributed by atoms with Gasteiger partial charge in [-0.1, -0.05) is 25.8 Å². The van der Waals surface area contributed by atoms with Gasteiger partial charge >= 0.3 is 6.01 Å². The van der Waals surface area contributed by atoms with Gasteiger partial charge in [0.05, 0.1) is 22.2 Å². The number of halogens is 3. The molecule has 0 saturated carbocycles. The van der Waals surface area contributed by atoms with E-state index in [0.717, 1.165) is 45.2 Å². The molecule has 0 radical (unpaired) electrons. The lowest BCUT2D eigenvalue weighted by atomic mass is 9.89. The van der Waals surface area contributed by atoms with Gasteiger partial charge in [0.15, 0.2) is 5.82 Å². The fourth-order valence-electron chi connectivity index (χ4n) is 8.64. The van der Waals surface area contributed by atoms with E-state index in [0.29, 0.717) is 58.4 Å². The quantitative estimate of drug-likeness (QED) is 0.197. The molecule has 48 heavy (non-hydrogen) atoms. The zero-order valence-corrected chi connectivity index (χ0v) is 27.3. The molecule has 250 valence electrons. The standard InChI is InChI=1S/C37H40F3N7O/c1-4-24-18-47-25(16-42-24)9-7-20(3)32-30-34(44-36(45-35(30)47)48-19-37-11-6-12-46(37)17-22(38)15-37)31(40)33(43-32)27-14-23(41)13-21-8-10-28(39)26(5-2)29(21)27/h2,8,10,13-14,20,22,24-25,42H,4,6-7,9,11-12,15-19,41H2,1,3H3/t20-,22-,24-,25+,37+/m1/s1. The Bertz CT molecular complexity index is 1980. The number of nitrogens with two attached hydrogens (primary N) is 1. The molecule has 8 nitrogen and oxygen atoms in total. The lowest BCUT2D eigenvalue weighted by Gasteiger charge is -2.43. The summed E-state index contributed by atoms with van der Waals surface area (Å²) in [5.74, 6) is 1.73. The van der Waals surface area contributed by atoms with Gasteiger partial charge in [-0.2, -0.15) is 9.97 Å². The molecule has 0 amide bonds. The second-order valence-corrected chi connectivity index (χ2v) is 14.1. The van der Waals surface area contributed by atoms with Gasteiger partial charge in [-0.25, -0.2) is 18.2 Å². The highest BCUT2D eigenvalue weighted by atomic mass is 19.1. The number of pyridine rings is 1. The van der Waals surface area contributed by atoms with Crippen molar-refractivity contribution in [3.05, 3.63) is 47.2 Å². The largest absolute Gasteiger partial charge is 0.461 e. The first kappa shape index (κ1) is 31.1. The van der Waals surface area contributed by atoms with Crippen molar-refractivity contribution in [2.24, 2.45) is 0 Å². The van der Waals surface area contributed by atoms with Crippen LogP contribution < -0.4 is 20.7 Å². The van der Waals surface area contributed by atoms with E-state index in [9.17, 15) is 4.39 Å². The lowest BCUT2D eigenvalue weighted by Crippen LogP contribution is -2.57. The van der Waals surface area contributed by atoms with Crippen molar-refractivity contribution >= 4 is 33.2 Å². The van der Waals surface area contributed by atoms with Crippen LogP contribution in [0.5, 0.6) is 6.01 Å². The Morgan fingerprint density at radius 3 is 2.81 bits per heavy atom. The molecule has 3 N–H and O–H groups in total. The number of fused-ring (bicyclic) bond motifs is 4. The van der Waals surface area contributed by atoms with Crippen LogP contribution in [-0.2, 0) is 0 Å². The molecule has 11 heteroatoms. The summed E-state index contributed by atoms with van der Waals surface area (Å²) in [6.45, 7) is 7.14. The predicted octanol–water partition coefficient (Wildman–Crippen LogP) is 6.10. The normalized spacial score (nSPS) is 27.0. The number of hydrogen-bond acceptors (Lipinski definition) is 8. The third-order valence-corrected chi connectivity index (χ3v) is 11.2. The van der Waals surface area contributed by atoms with E-state index < -0.39 is 23.3 Å². The molecule has 3 fully saturated rings. The van der Waals surface area contributed by atoms with Gasteiger partial charge in [-0.05, 0) is 68.2 Å². The summed E-state index contributed by atoms with van der Waals surface area (Å²) in [5.41, 5.74) is 7.34. The molecule has 5 atom stereocenters. The van der Waals surface area contributed by atoms with Crippen LogP contribution in [0.3, 0.4) is 0 Å². The van der Waals surface area contributed by atoms with E-state index in [2.05, 4.69) is 34.9 Å². The highest BCUT2D eigenvalue weighted by molar-refractivity contribution is 6.04. The maximum Gasteiger partial charge on any atom is 0.319 e. The van der Waals surface area contributed by atoms with Gasteiger partial charge in [0, 0.05) is 54.8 Å². The summed E-state index contributed by atoms with van der Waals surface area (Å²) < 4.78 is 53.4. The third kappa shape index (κ3) is 4.95. The van der Waals surface area contributed by atoms with Crippen molar-refractivity contribution in [1.82, 2.24) is 25.2 Å². The number of aromatic nitrogens is 3. The zero-order chi connectivity index (χ0) is 33.3. The van der Waals surface area contributed by atoms with Crippen LogP contribution in [0.4, 0.5) is 24.7 Å². The van der Waals surface area contributed by atoms with Crippen molar-refractivity contribution in [2.75, 3.05) is 43.4 Å². The fourth-order valence-corrected chi connectivity index (χ4v) is 8.64. The Kier molecular flexibility index (Phi) is 7.64. The van der Waals surface area contributed by atoms with Crippen molar-refractivity contribution in [1.29, 1.82) is 0 Å². The summed E-state index contributed by atoms with van der Waals surface area (Å²) in [7, 11) is 0. The zero-order valence-electron chi connectivity index (χ0n) is 27.3. The highest BCUT2D eigenvalue weighted by Crippen LogP contribution is 2.45. The highest BCUT2D eigenvalue weighted by Gasteiger charge is 2.49. The van der Waals surface area contributed by atoms with Crippen LogP contribution in [-0.4, -0.2) is 76.4 Å². The second kappa shape index (κ2) is 11.8. The van der Waals surface area contributed by atoms with Crippen LogP contribution in [0, 0.1) is 24.0 Å². The van der Waals surface area contributed by atoms with Crippen LogP contribution >= 0.6 is 0 Å². The summed E-state index contributed by atoms with van der Waals surface area (Å²) in [4.78, 5) is 19.2. The topological polar surface area (TPSA) is 92.4 Å². The number of terminal acetylenes is 1. The number of nitrogen functional groups attached to an aromatic ring is 1. The summed E-state index contributed by atoms with van der Waals surface area (Å²) in [5, 5.41) is 5.17. The first-order valence-electron chi connectivity index (χ1n) is 17.1. The number of alkyl halides is 1. The molecule has 4 aromatic rings. The Morgan fingerprint density at radius 2 is 2.00 bits per heavy atom. The van der Waals surface area contributed by atoms with Gasteiger partial charge in [0.1, 0.15) is 35.6 Å². The third-order valence-electron chi connectivity index (χ3n) is 11.2. The minimum Gasteiger partial charge on any atom is -0.461 e. The van der Waals surface area contributed by atoms with Gasteiger partial charge < -0.3 is 20.7 Å². The Morgan fingerprint density at radius 1 is 1.15 bits per heavy atom. The maximum absolute atomic E-state index is 17.3. The van der Waals surface area contributed by atoms with Crippen molar-refractivity contribution in [3.8, 4) is 29.6 Å². The summed E-state index contributed by atoms with van der Waals surface area (Å²) in [6, 6.07) is 6.59. The average Bonchev–Trinajstić information content (AvgIpc) is 3.61. The smallest absolute Gasteiger partial charge is 0.319 e. The molecule has 2 aromatic heterocycles. The average molecular weight is 656 g/mol. The van der Waals surface area contributed by atoms with Crippen LogP contribution in [0.15, 0.2) is 24.3 Å². The Labute approximate surface area is 278 Å². The Balaban J connectivity index is 1.36. The number of nitrogens with zero attached hydrogens (tertiary/aromatic N) is 5. The minimum absolute atomic E-state index is 0.000144. The Hall–Kier alpha value is -4.14. The number of anilines is 2. The van der Waals surface area contributed by atoms with Gasteiger partial charge in [-0.15, -0.1) is 6.42 Å². The molecule has 0 aliphatic carbocycles. The summed E-state index contributed by atoms with van der Waals surface area (Å²) in [6.07, 6.45) is 9.70. The molecule has 8 rings (SSSR count). The van der Waals surface area contributed by atoms with Gasteiger partial charge in [0.2, 0.25) is 0 Å². The molecular formula is C37H40F3N7O. The van der Waals surface area contributed by atoms with E-state index in [4.69, 9.17) is 31.8 Å². The van der Waals surface area contributed by atoms with Crippen LogP contribution in [0.1, 0.15) is 69.5 Å². The summed E-state index contributed by atoms with van der Waals surface area (Å²) >= 11 is 0. The number of ether oxygens (including phenoxy) is 1. The minimum atomic E-state index is -0.909. The van der Waals surface area contributed by atoms with E-state index in [1.165, 1.54) is 6.07 Å². The number of hydrogen-bond donors (Lipinski definition) is 2. The van der Waals surface area contributed by atoms with Crippen molar-refractivity contribution in [3.63, 3.8) is 0 Å². The number of nitrogens with one attached hydrogen (secondary N) is 1. The first-order valence-corrected chi connectivity index (χ1v) is 17.1. The number of rotatable bonds is 5. The molecule has 4 aliphatic heterocycles. The number of piperazine rings is 1. The monoisotopic (exact) mass is 655 g/mol. The molecule has 0 bridgehead atoms. The van der Waals surface area contributed by atoms with Crippen molar-refractivity contribution in [2.45, 2.75) is 82.1 Å². The predicted molar refractivity (Wildman–Crippen MR) is 182 cm³/mol. The molecular weight excluding hydrogens is 615 g/mol. The van der Waals surface area contributed by atoms with Crippen LogP contribution in [0.2, 0.25) is 0 Å². The maximum atomic E-state index is 17.3. The first-order chi connectivity index (χ1) is 23.2.